The Morgan fingerprint density at radius 1 is 0.871 bits per heavy atom. The molecule has 0 radical (unpaired) electrons. The van der Waals surface area contributed by atoms with Crippen LogP contribution in [0.5, 0.6) is 0 Å². The van der Waals surface area contributed by atoms with E-state index in [-0.39, 0.29) is 18.2 Å². The smallest absolute Gasteiger partial charge is 0.407 e. The standard InChI is InChI=1S/C15H24N2O2.C8H18N2O2/c1-12(17-14(18)19-15(2,3)4)10-16-11-13-8-6-5-7-9-13;1-6(5-9)10-7(11)12-8(2,3)4/h5-9,12,16H,10-11H2,1-4H3,(H,17,18);6H,5,9H2,1-4H3,(H,10,11)/t12-;6-/m00/s1. The van der Waals surface area contributed by atoms with E-state index in [0.29, 0.717) is 13.1 Å². The summed E-state index contributed by atoms with van der Waals surface area (Å²) in [7, 11) is 0. The molecule has 31 heavy (non-hydrogen) atoms. The molecule has 0 bridgehead atoms. The second kappa shape index (κ2) is 13.9. The van der Waals surface area contributed by atoms with Gasteiger partial charge >= 0.3 is 12.2 Å². The van der Waals surface area contributed by atoms with Crippen molar-refractivity contribution in [1.82, 2.24) is 16.0 Å². The van der Waals surface area contributed by atoms with Crippen LogP contribution in [0.2, 0.25) is 0 Å². The fraction of sp³-hybridized carbons (Fsp3) is 0.652. The molecular weight excluding hydrogens is 396 g/mol. The normalized spacial score (nSPS) is 13.2. The van der Waals surface area contributed by atoms with Gasteiger partial charge < -0.3 is 31.2 Å². The molecule has 5 N–H and O–H groups in total. The van der Waals surface area contributed by atoms with Crippen molar-refractivity contribution in [3.8, 4) is 0 Å². The Balaban J connectivity index is 0.000000649. The number of nitrogens with one attached hydrogen (secondary N) is 3. The molecule has 0 fully saturated rings. The van der Waals surface area contributed by atoms with Crippen LogP contribution < -0.4 is 21.7 Å². The second-order valence-corrected chi connectivity index (χ2v) is 9.45. The van der Waals surface area contributed by atoms with Crippen LogP contribution in [0.3, 0.4) is 0 Å². The summed E-state index contributed by atoms with van der Waals surface area (Å²) >= 11 is 0. The fourth-order valence-electron chi connectivity index (χ4n) is 2.16. The molecule has 1 aromatic carbocycles. The molecular formula is C23H42N4O4. The van der Waals surface area contributed by atoms with Gasteiger partial charge in [-0.1, -0.05) is 30.3 Å². The van der Waals surface area contributed by atoms with Gasteiger partial charge in [0.25, 0.3) is 0 Å². The summed E-state index contributed by atoms with van der Waals surface area (Å²) in [6, 6.07) is 10.1. The molecule has 0 saturated carbocycles. The number of amides is 2. The van der Waals surface area contributed by atoms with Gasteiger partial charge in [0.1, 0.15) is 11.2 Å². The van der Waals surface area contributed by atoms with Crippen LogP contribution in [0.4, 0.5) is 9.59 Å². The SMILES string of the molecule is C[C@@H](CN)NC(=O)OC(C)(C)C.C[C@@H](CNCc1ccccc1)NC(=O)OC(C)(C)C. The van der Waals surface area contributed by atoms with Gasteiger partial charge in [0.2, 0.25) is 0 Å². The van der Waals surface area contributed by atoms with Crippen LogP contribution in [0.1, 0.15) is 61.0 Å². The highest BCUT2D eigenvalue weighted by Crippen LogP contribution is 2.07. The maximum Gasteiger partial charge on any atom is 0.407 e. The predicted molar refractivity (Wildman–Crippen MR) is 125 cm³/mol. The summed E-state index contributed by atoms with van der Waals surface area (Å²) in [5.74, 6) is 0. The number of rotatable bonds is 7. The van der Waals surface area contributed by atoms with Crippen molar-refractivity contribution < 1.29 is 19.1 Å². The first-order valence-corrected chi connectivity index (χ1v) is 10.7. The molecule has 1 rings (SSSR count). The van der Waals surface area contributed by atoms with Crippen molar-refractivity contribution in [1.29, 1.82) is 0 Å². The average molecular weight is 439 g/mol. The number of alkyl carbamates (subject to hydrolysis) is 2. The van der Waals surface area contributed by atoms with E-state index >= 15 is 0 Å². The summed E-state index contributed by atoms with van der Waals surface area (Å²) in [6.07, 6.45) is -0.790. The molecule has 2 atom stereocenters. The van der Waals surface area contributed by atoms with Crippen molar-refractivity contribution >= 4 is 12.2 Å². The Kier molecular flexibility index (Phi) is 12.8. The zero-order valence-corrected chi connectivity index (χ0v) is 20.4. The molecule has 2 amide bonds. The van der Waals surface area contributed by atoms with Crippen LogP contribution in [0.25, 0.3) is 0 Å². The van der Waals surface area contributed by atoms with Gasteiger partial charge in [-0.25, -0.2) is 9.59 Å². The Morgan fingerprint density at radius 3 is 1.74 bits per heavy atom. The summed E-state index contributed by atoms with van der Waals surface area (Å²) in [5.41, 5.74) is 5.64. The van der Waals surface area contributed by atoms with Gasteiger partial charge in [-0.3, -0.25) is 0 Å². The molecule has 0 saturated heterocycles. The number of hydrogen-bond acceptors (Lipinski definition) is 6. The Hall–Kier alpha value is -2.32. The van der Waals surface area contributed by atoms with Gasteiger partial charge in [-0.05, 0) is 61.0 Å². The average Bonchev–Trinajstić information content (AvgIpc) is 2.59. The third-order valence-electron chi connectivity index (χ3n) is 3.50. The van der Waals surface area contributed by atoms with Gasteiger partial charge in [-0.15, -0.1) is 0 Å². The lowest BCUT2D eigenvalue weighted by atomic mass is 10.2. The van der Waals surface area contributed by atoms with E-state index < -0.39 is 17.3 Å². The molecule has 1 aromatic rings. The van der Waals surface area contributed by atoms with Crippen molar-refractivity contribution in [2.24, 2.45) is 5.73 Å². The van der Waals surface area contributed by atoms with Gasteiger partial charge in [0, 0.05) is 31.7 Å². The first-order valence-electron chi connectivity index (χ1n) is 10.7. The number of ether oxygens (including phenoxy) is 2. The van der Waals surface area contributed by atoms with Gasteiger partial charge in [-0.2, -0.15) is 0 Å². The van der Waals surface area contributed by atoms with Crippen LogP contribution in [0.15, 0.2) is 30.3 Å². The van der Waals surface area contributed by atoms with Crippen molar-refractivity contribution in [2.75, 3.05) is 13.1 Å². The molecule has 8 heteroatoms. The lowest BCUT2D eigenvalue weighted by Crippen LogP contribution is -2.42. The summed E-state index contributed by atoms with van der Waals surface area (Å²) in [4.78, 5) is 22.6. The van der Waals surface area contributed by atoms with E-state index in [2.05, 4.69) is 28.1 Å². The first kappa shape index (κ1) is 28.7. The van der Waals surface area contributed by atoms with Crippen LogP contribution in [-0.4, -0.2) is 48.6 Å². The summed E-state index contributed by atoms with van der Waals surface area (Å²) < 4.78 is 10.2. The minimum absolute atomic E-state index is 0.0264. The fourth-order valence-corrected chi connectivity index (χ4v) is 2.16. The zero-order chi connectivity index (χ0) is 24.1. The number of nitrogens with two attached hydrogens (primary N) is 1. The van der Waals surface area contributed by atoms with E-state index in [4.69, 9.17) is 15.2 Å². The molecule has 0 unspecified atom stereocenters. The molecule has 0 aliphatic heterocycles. The van der Waals surface area contributed by atoms with E-state index in [9.17, 15) is 9.59 Å². The molecule has 0 aliphatic carbocycles. The monoisotopic (exact) mass is 438 g/mol. The van der Waals surface area contributed by atoms with Crippen LogP contribution >= 0.6 is 0 Å². The summed E-state index contributed by atoms with van der Waals surface area (Å²) in [6.45, 7) is 16.7. The highest BCUT2D eigenvalue weighted by molar-refractivity contribution is 5.68. The molecule has 0 heterocycles. The lowest BCUT2D eigenvalue weighted by molar-refractivity contribution is 0.0497. The molecule has 178 valence electrons. The maximum atomic E-state index is 11.5. The largest absolute Gasteiger partial charge is 0.444 e. The van der Waals surface area contributed by atoms with Crippen molar-refractivity contribution in [3.05, 3.63) is 35.9 Å². The predicted octanol–water partition coefficient (Wildman–Crippen LogP) is 3.55. The Labute approximate surface area is 187 Å². The highest BCUT2D eigenvalue weighted by atomic mass is 16.6. The quantitative estimate of drug-likeness (QED) is 0.518. The van der Waals surface area contributed by atoms with Gasteiger partial charge in [0.15, 0.2) is 0 Å². The van der Waals surface area contributed by atoms with E-state index in [1.807, 2.05) is 73.6 Å². The number of carbonyl (C=O) groups is 2. The molecule has 0 spiro atoms. The first-order chi connectivity index (χ1) is 14.2. The second-order valence-electron chi connectivity index (χ2n) is 9.45. The molecule has 8 nitrogen and oxygen atoms in total. The summed E-state index contributed by atoms with van der Waals surface area (Å²) in [5, 5.41) is 8.70. The number of carbonyl (C=O) groups excluding carboxylic acids is 2. The van der Waals surface area contributed by atoms with Crippen LogP contribution in [0, 0.1) is 0 Å². The highest BCUT2D eigenvalue weighted by Gasteiger charge is 2.18. The van der Waals surface area contributed by atoms with Gasteiger partial charge in [0.05, 0.1) is 0 Å². The maximum absolute atomic E-state index is 11.5. The van der Waals surface area contributed by atoms with Crippen molar-refractivity contribution in [3.63, 3.8) is 0 Å². The Morgan fingerprint density at radius 2 is 1.32 bits per heavy atom. The van der Waals surface area contributed by atoms with E-state index in [0.717, 1.165) is 6.54 Å². The Bertz CT molecular complexity index is 639. The molecule has 0 aromatic heterocycles. The topological polar surface area (TPSA) is 115 Å². The molecule has 0 aliphatic rings. The minimum Gasteiger partial charge on any atom is -0.444 e. The van der Waals surface area contributed by atoms with E-state index in [1.54, 1.807) is 0 Å². The third kappa shape index (κ3) is 18.2. The lowest BCUT2D eigenvalue weighted by Gasteiger charge is -2.22. The minimum atomic E-state index is -0.457. The number of benzene rings is 1. The van der Waals surface area contributed by atoms with Crippen molar-refractivity contribution in [2.45, 2.75) is 85.2 Å². The third-order valence-corrected chi connectivity index (χ3v) is 3.50. The zero-order valence-electron chi connectivity index (χ0n) is 20.4. The number of hydrogen-bond donors (Lipinski definition) is 4. The van der Waals surface area contributed by atoms with Crippen LogP contribution in [-0.2, 0) is 16.0 Å². The van der Waals surface area contributed by atoms with E-state index in [1.165, 1.54) is 5.56 Å².